The van der Waals surface area contributed by atoms with Crippen molar-refractivity contribution in [2.24, 2.45) is 0 Å². The van der Waals surface area contributed by atoms with E-state index in [-0.39, 0.29) is 25.2 Å². The molecule has 0 aliphatic carbocycles. The smallest absolute Gasteiger partial charge is 0.325 e. The van der Waals surface area contributed by atoms with E-state index in [1.165, 1.54) is 0 Å². The molecule has 4 aromatic rings. The third-order valence-electron chi connectivity index (χ3n) is 8.75. The number of benzene rings is 4. The van der Waals surface area contributed by atoms with Crippen LogP contribution in [0.4, 0.5) is 21.0 Å². The summed E-state index contributed by atoms with van der Waals surface area (Å²) in [5, 5.41) is 8.21. The van der Waals surface area contributed by atoms with Crippen molar-refractivity contribution in [2.75, 3.05) is 51.9 Å². The number of para-hydroxylation sites is 2. The third kappa shape index (κ3) is 11.9. The van der Waals surface area contributed by atoms with Crippen LogP contribution >= 0.6 is 23.2 Å². The lowest BCUT2D eigenvalue weighted by atomic mass is 10.0. The van der Waals surface area contributed by atoms with Crippen molar-refractivity contribution in [2.45, 2.75) is 38.8 Å². The molecule has 0 saturated carbocycles. The molecule has 4 aromatic carbocycles. The number of rotatable bonds is 12. The predicted molar refractivity (Wildman–Crippen MR) is 211 cm³/mol. The van der Waals surface area contributed by atoms with E-state index in [1.807, 2.05) is 100 Å². The first kappa shape index (κ1) is 41.6. The molecule has 0 heterocycles. The van der Waals surface area contributed by atoms with Gasteiger partial charge in [-0.05, 0) is 114 Å². The van der Waals surface area contributed by atoms with Crippen LogP contribution in [0.1, 0.15) is 47.2 Å². The maximum absolute atomic E-state index is 13.6. The maximum Gasteiger partial charge on any atom is 0.444 e. The summed E-state index contributed by atoms with van der Waals surface area (Å²) in [6, 6.07) is 26.7. The van der Waals surface area contributed by atoms with E-state index in [4.69, 9.17) is 32.9 Å². The van der Waals surface area contributed by atoms with Crippen LogP contribution in [0.2, 0.25) is 10.0 Å². The molecule has 0 bridgehead atoms. The minimum atomic E-state index is -1.50. The summed E-state index contributed by atoms with van der Waals surface area (Å²) >= 11 is 12.2. The second-order valence-corrected chi connectivity index (χ2v) is 14.0. The first-order valence-corrected chi connectivity index (χ1v) is 18.0. The number of anilines is 2. The largest absolute Gasteiger partial charge is 0.444 e. The number of carbonyl (C=O) groups excluding carboxylic acids is 4. The Hall–Kier alpha value is -5.14. The Morgan fingerprint density at radius 1 is 0.556 bits per heavy atom. The van der Waals surface area contributed by atoms with Gasteiger partial charge in [-0.1, -0.05) is 83.9 Å². The highest BCUT2D eigenvalue weighted by atomic mass is 35.5. The molecule has 0 spiro atoms. The lowest BCUT2D eigenvalue weighted by Crippen LogP contribution is -2.44. The number of hydrogen-bond donors (Lipinski definition) is 2. The topological polar surface area (TPSA) is 124 Å². The Morgan fingerprint density at radius 2 is 0.889 bits per heavy atom. The van der Waals surface area contributed by atoms with E-state index in [0.29, 0.717) is 34.3 Å². The zero-order chi connectivity index (χ0) is 39.4. The van der Waals surface area contributed by atoms with Crippen LogP contribution in [0.25, 0.3) is 0 Å². The van der Waals surface area contributed by atoms with Gasteiger partial charge < -0.3 is 30.1 Å². The fraction of sp³-hybridized carbons (Fsp3) is 0.300. The molecule has 0 saturated heterocycles. The molecule has 54 heavy (non-hydrogen) atoms. The molecule has 2 atom stereocenters. The maximum atomic E-state index is 13.6. The Balaban J connectivity index is 1.55. The van der Waals surface area contributed by atoms with Crippen LogP contribution in [0.5, 0.6) is 0 Å². The number of halogens is 2. The number of aryl methyl sites for hydroxylation is 2. The van der Waals surface area contributed by atoms with Gasteiger partial charge in [0.1, 0.15) is 0 Å². The zero-order valence-corrected chi connectivity index (χ0v) is 32.7. The molecule has 2 unspecified atom stereocenters. The van der Waals surface area contributed by atoms with Crippen LogP contribution in [0, 0.1) is 13.8 Å². The summed E-state index contributed by atoms with van der Waals surface area (Å²) in [5.74, 6) is -3.00. The Bertz CT molecular complexity index is 1750. The van der Waals surface area contributed by atoms with Gasteiger partial charge >= 0.3 is 24.0 Å². The van der Waals surface area contributed by atoms with Gasteiger partial charge in [-0.3, -0.25) is 0 Å². The first-order chi connectivity index (χ1) is 25.7. The summed E-state index contributed by atoms with van der Waals surface area (Å²) < 4.78 is 0. The van der Waals surface area contributed by atoms with Crippen molar-refractivity contribution in [3.05, 3.63) is 129 Å². The number of amides is 4. The fourth-order valence-corrected chi connectivity index (χ4v) is 5.98. The Kier molecular flexibility index (Phi) is 15.3. The zero-order valence-electron chi connectivity index (χ0n) is 31.2. The van der Waals surface area contributed by atoms with E-state index in [2.05, 4.69) is 10.6 Å². The second kappa shape index (κ2) is 19.8. The quantitative estimate of drug-likeness (QED) is 0.109. The molecule has 0 aliphatic rings. The lowest BCUT2D eigenvalue weighted by Gasteiger charge is -2.29. The number of hydroxylamine groups is 4. The van der Waals surface area contributed by atoms with E-state index in [9.17, 15) is 19.2 Å². The minimum absolute atomic E-state index is 0.106. The average molecular weight is 778 g/mol. The highest BCUT2D eigenvalue weighted by Crippen LogP contribution is 2.26. The van der Waals surface area contributed by atoms with E-state index in [1.54, 1.807) is 48.5 Å². The van der Waals surface area contributed by atoms with Gasteiger partial charge in [-0.15, -0.1) is 0 Å². The number of nitrogens with one attached hydrogen (secondary N) is 2. The molecular formula is C40H46Cl2N6O6. The van der Waals surface area contributed by atoms with Crippen molar-refractivity contribution in [1.29, 1.82) is 0 Å². The van der Waals surface area contributed by atoms with Gasteiger partial charge in [-0.2, -0.15) is 10.1 Å². The molecule has 4 amide bonds. The summed E-state index contributed by atoms with van der Waals surface area (Å²) in [4.78, 5) is 68.8. The summed E-state index contributed by atoms with van der Waals surface area (Å²) in [6.07, 6.45) is 0.611. The standard InChI is InChI=1S/C40H46Cl2N6O6/c1-27-11-7-9-13-33(27)43-39(51)47(25-23-35(45(3)4)29-15-19-31(41)20-16-29)53-37(49)38(50)54-48(40(52)44-34-14-10-8-12-28(34)2)26-24-36(46(5)6)30-17-21-32(42)22-18-30/h7-22,35-36H,23-26H2,1-6H3,(H,43,51)(H,44,52). The highest BCUT2D eigenvalue weighted by molar-refractivity contribution is 6.31. The van der Waals surface area contributed by atoms with E-state index in [0.717, 1.165) is 32.4 Å². The van der Waals surface area contributed by atoms with Crippen LogP contribution < -0.4 is 10.6 Å². The molecule has 12 nitrogen and oxygen atoms in total. The minimum Gasteiger partial charge on any atom is -0.325 e. The van der Waals surface area contributed by atoms with Gasteiger partial charge in [0.2, 0.25) is 0 Å². The predicted octanol–water partition coefficient (Wildman–Crippen LogP) is 8.28. The van der Waals surface area contributed by atoms with Crippen molar-refractivity contribution < 1.29 is 28.9 Å². The molecule has 0 radical (unpaired) electrons. The van der Waals surface area contributed by atoms with Crippen LogP contribution in [-0.2, 0) is 19.3 Å². The first-order valence-electron chi connectivity index (χ1n) is 17.3. The lowest BCUT2D eigenvalue weighted by molar-refractivity contribution is -0.203. The summed E-state index contributed by atoms with van der Waals surface area (Å²) in [5.41, 5.74) is 4.35. The summed E-state index contributed by atoms with van der Waals surface area (Å²) in [6.45, 7) is 3.42. The Morgan fingerprint density at radius 3 is 1.20 bits per heavy atom. The number of hydrogen-bond acceptors (Lipinski definition) is 8. The van der Waals surface area contributed by atoms with Crippen molar-refractivity contribution in [1.82, 2.24) is 19.9 Å². The number of nitrogens with zero attached hydrogens (tertiary/aromatic N) is 4. The van der Waals surface area contributed by atoms with Gasteiger partial charge in [0.05, 0.1) is 13.1 Å². The highest BCUT2D eigenvalue weighted by Gasteiger charge is 2.31. The third-order valence-corrected chi connectivity index (χ3v) is 9.25. The van der Waals surface area contributed by atoms with Crippen molar-refractivity contribution >= 4 is 58.6 Å². The van der Waals surface area contributed by atoms with Gasteiger partial charge in [0.15, 0.2) is 0 Å². The van der Waals surface area contributed by atoms with Crippen LogP contribution in [0.3, 0.4) is 0 Å². The van der Waals surface area contributed by atoms with E-state index < -0.39 is 24.0 Å². The van der Waals surface area contributed by atoms with Gasteiger partial charge in [0, 0.05) is 33.5 Å². The van der Waals surface area contributed by atoms with Gasteiger partial charge in [-0.25, -0.2) is 19.2 Å². The molecule has 0 aromatic heterocycles. The van der Waals surface area contributed by atoms with Crippen LogP contribution in [0.15, 0.2) is 97.1 Å². The average Bonchev–Trinajstić information content (AvgIpc) is 3.13. The van der Waals surface area contributed by atoms with Crippen LogP contribution in [-0.4, -0.2) is 85.2 Å². The number of carbonyl (C=O) groups is 4. The van der Waals surface area contributed by atoms with Crippen molar-refractivity contribution in [3.8, 4) is 0 Å². The molecule has 0 fully saturated rings. The Labute approximate surface area is 326 Å². The second-order valence-electron chi connectivity index (χ2n) is 13.1. The fourth-order valence-electron chi connectivity index (χ4n) is 5.73. The molecule has 14 heteroatoms. The van der Waals surface area contributed by atoms with Gasteiger partial charge in [0.25, 0.3) is 0 Å². The normalized spacial score (nSPS) is 12.1. The SMILES string of the molecule is Cc1ccccc1NC(=O)N(CCC(c1ccc(Cl)cc1)N(C)C)OC(=O)C(=O)ON(CCC(c1ccc(Cl)cc1)N(C)C)C(=O)Nc1ccccc1C. The molecular weight excluding hydrogens is 731 g/mol. The number of urea groups is 2. The molecule has 2 N–H and O–H groups in total. The molecule has 286 valence electrons. The summed E-state index contributed by atoms with van der Waals surface area (Å²) in [7, 11) is 7.52. The monoisotopic (exact) mass is 776 g/mol. The molecule has 4 rings (SSSR count). The molecule has 0 aliphatic heterocycles. The van der Waals surface area contributed by atoms with Crippen molar-refractivity contribution in [3.63, 3.8) is 0 Å². The van der Waals surface area contributed by atoms with E-state index >= 15 is 0 Å².